The SMILES string of the molecule is CCOc1nc(NC)nc(OCc2ccc(Br)cc2)n1. The van der Waals surface area contributed by atoms with Gasteiger partial charge in [0.15, 0.2) is 0 Å². The van der Waals surface area contributed by atoms with E-state index in [0.717, 1.165) is 10.0 Å². The molecule has 0 aliphatic carbocycles. The van der Waals surface area contributed by atoms with Gasteiger partial charge in [-0.2, -0.15) is 9.97 Å². The van der Waals surface area contributed by atoms with Gasteiger partial charge in [0.2, 0.25) is 5.95 Å². The maximum atomic E-state index is 5.56. The van der Waals surface area contributed by atoms with Crippen molar-refractivity contribution in [3.63, 3.8) is 0 Å². The molecule has 0 saturated carbocycles. The molecule has 0 aliphatic heterocycles. The van der Waals surface area contributed by atoms with Gasteiger partial charge in [-0.1, -0.05) is 28.1 Å². The van der Waals surface area contributed by atoms with E-state index in [1.165, 1.54) is 0 Å². The maximum absolute atomic E-state index is 5.56. The average Bonchev–Trinajstić information content (AvgIpc) is 2.47. The summed E-state index contributed by atoms with van der Waals surface area (Å²) in [4.78, 5) is 12.3. The highest BCUT2D eigenvalue weighted by Crippen LogP contribution is 2.15. The molecule has 0 atom stereocenters. The van der Waals surface area contributed by atoms with Crippen LogP contribution in [0.4, 0.5) is 5.95 Å². The van der Waals surface area contributed by atoms with Crippen LogP contribution >= 0.6 is 15.9 Å². The summed E-state index contributed by atoms with van der Waals surface area (Å²) >= 11 is 3.39. The predicted molar refractivity (Wildman–Crippen MR) is 79.0 cm³/mol. The van der Waals surface area contributed by atoms with Gasteiger partial charge < -0.3 is 14.8 Å². The Labute approximate surface area is 125 Å². The van der Waals surface area contributed by atoms with Gasteiger partial charge in [0.05, 0.1) is 6.61 Å². The zero-order valence-corrected chi connectivity index (χ0v) is 12.8. The number of rotatable bonds is 6. The molecule has 0 fully saturated rings. The highest BCUT2D eigenvalue weighted by atomic mass is 79.9. The zero-order valence-electron chi connectivity index (χ0n) is 11.3. The van der Waals surface area contributed by atoms with Crippen molar-refractivity contribution in [2.75, 3.05) is 19.0 Å². The second-order valence-corrected chi connectivity index (χ2v) is 4.74. The summed E-state index contributed by atoms with van der Waals surface area (Å²) in [5.74, 6) is 0.411. The number of hydrogen-bond donors (Lipinski definition) is 1. The van der Waals surface area contributed by atoms with Gasteiger partial charge in [0, 0.05) is 11.5 Å². The van der Waals surface area contributed by atoms with Gasteiger partial charge in [0.25, 0.3) is 0 Å². The summed E-state index contributed by atoms with van der Waals surface area (Å²) in [5.41, 5.74) is 1.03. The fraction of sp³-hybridized carbons (Fsp3) is 0.308. The van der Waals surface area contributed by atoms with Gasteiger partial charge in [-0.05, 0) is 24.6 Å². The fourth-order valence-electron chi connectivity index (χ4n) is 1.44. The number of hydrogen-bond acceptors (Lipinski definition) is 6. The quantitative estimate of drug-likeness (QED) is 0.873. The zero-order chi connectivity index (χ0) is 14.4. The summed E-state index contributed by atoms with van der Waals surface area (Å²) in [5, 5.41) is 2.84. The van der Waals surface area contributed by atoms with Gasteiger partial charge in [-0.15, -0.1) is 4.98 Å². The molecule has 1 heterocycles. The predicted octanol–water partition coefficient (Wildman–Crippen LogP) is 2.65. The number of nitrogens with zero attached hydrogens (tertiary/aromatic N) is 3. The van der Waals surface area contributed by atoms with E-state index in [0.29, 0.717) is 19.2 Å². The number of nitrogens with one attached hydrogen (secondary N) is 1. The van der Waals surface area contributed by atoms with Crippen LogP contribution in [0.15, 0.2) is 28.7 Å². The molecule has 6 nitrogen and oxygen atoms in total. The minimum absolute atomic E-state index is 0.232. The molecule has 1 aromatic carbocycles. The first-order chi connectivity index (χ1) is 9.71. The molecule has 0 bridgehead atoms. The third-order valence-corrected chi connectivity index (χ3v) is 2.90. The van der Waals surface area contributed by atoms with Crippen molar-refractivity contribution in [1.29, 1.82) is 0 Å². The minimum atomic E-state index is 0.232. The number of ether oxygens (including phenoxy) is 2. The Kier molecular flexibility index (Phi) is 5.11. The van der Waals surface area contributed by atoms with Crippen LogP contribution in [0.3, 0.4) is 0 Å². The van der Waals surface area contributed by atoms with Crippen molar-refractivity contribution in [3.05, 3.63) is 34.3 Å². The van der Waals surface area contributed by atoms with E-state index in [1.807, 2.05) is 31.2 Å². The van der Waals surface area contributed by atoms with E-state index in [4.69, 9.17) is 9.47 Å². The molecule has 0 radical (unpaired) electrons. The lowest BCUT2D eigenvalue weighted by Crippen LogP contribution is -2.07. The summed E-state index contributed by atoms with van der Waals surface area (Å²) in [6, 6.07) is 8.32. The lowest BCUT2D eigenvalue weighted by molar-refractivity contribution is 0.262. The van der Waals surface area contributed by atoms with E-state index in [2.05, 4.69) is 36.2 Å². The molecule has 2 aromatic rings. The van der Waals surface area contributed by atoms with Crippen LogP contribution < -0.4 is 14.8 Å². The Morgan fingerprint density at radius 2 is 1.70 bits per heavy atom. The van der Waals surface area contributed by atoms with E-state index in [-0.39, 0.29) is 12.0 Å². The number of halogens is 1. The minimum Gasteiger partial charge on any atom is -0.464 e. The number of anilines is 1. The second kappa shape index (κ2) is 7.04. The van der Waals surface area contributed by atoms with E-state index in [1.54, 1.807) is 7.05 Å². The fourth-order valence-corrected chi connectivity index (χ4v) is 1.70. The molecule has 106 valence electrons. The van der Waals surface area contributed by atoms with Crippen LogP contribution in [0.1, 0.15) is 12.5 Å². The molecular weight excluding hydrogens is 324 g/mol. The second-order valence-electron chi connectivity index (χ2n) is 3.82. The Morgan fingerprint density at radius 3 is 2.30 bits per heavy atom. The van der Waals surface area contributed by atoms with Gasteiger partial charge in [-0.3, -0.25) is 0 Å². The first-order valence-corrected chi connectivity index (χ1v) is 6.94. The molecule has 2 rings (SSSR count). The van der Waals surface area contributed by atoms with Gasteiger partial charge >= 0.3 is 12.0 Å². The van der Waals surface area contributed by atoms with Crippen molar-refractivity contribution in [2.45, 2.75) is 13.5 Å². The van der Waals surface area contributed by atoms with E-state index >= 15 is 0 Å². The Bertz CT molecular complexity index is 563. The Balaban J connectivity index is 2.07. The Morgan fingerprint density at radius 1 is 1.05 bits per heavy atom. The number of benzene rings is 1. The van der Waals surface area contributed by atoms with Crippen molar-refractivity contribution >= 4 is 21.9 Å². The lowest BCUT2D eigenvalue weighted by Gasteiger charge is -2.08. The van der Waals surface area contributed by atoms with Crippen molar-refractivity contribution in [1.82, 2.24) is 15.0 Å². The molecule has 1 N–H and O–H groups in total. The van der Waals surface area contributed by atoms with Crippen LogP contribution in [0.25, 0.3) is 0 Å². The highest BCUT2D eigenvalue weighted by Gasteiger charge is 2.07. The van der Waals surface area contributed by atoms with Crippen LogP contribution in [0.5, 0.6) is 12.0 Å². The molecule has 7 heteroatoms. The standard InChI is InChI=1S/C13H15BrN4O2/c1-3-19-12-16-11(15-2)17-13(18-12)20-8-9-4-6-10(14)7-5-9/h4-7H,3,8H2,1-2H3,(H,15,16,17,18). The lowest BCUT2D eigenvalue weighted by atomic mass is 10.2. The molecule has 0 spiro atoms. The number of aromatic nitrogens is 3. The summed E-state index contributed by atoms with van der Waals surface area (Å²) in [6.07, 6.45) is 0. The molecule has 20 heavy (non-hydrogen) atoms. The monoisotopic (exact) mass is 338 g/mol. The largest absolute Gasteiger partial charge is 0.464 e. The molecule has 0 saturated heterocycles. The first kappa shape index (κ1) is 14.5. The third kappa shape index (κ3) is 4.06. The third-order valence-electron chi connectivity index (χ3n) is 2.37. The molecule has 0 aliphatic rings. The Hall–Kier alpha value is -1.89. The van der Waals surface area contributed by atoms with Crippen molar-refractivity contribution < 1.29 is 9.47 Å². The topological polar surface area (TPSA) is 69.2 Å². The van der Waals surface area contributed by atoms with Gasteiger partial charge in [0.1, 0.15) is 6.61 Å². The highest BCUT2D eigenvalue weighted by molar-refractivity contribution is 9.10. The first-order valence-electron chi connectivity index (χ1n) is 6.15. The summed E-state index contributed by atoms with van der Waals surface area (Å²) < 4.78 is 11.9. The molecule has 0 amide bonds. The summed E-state index contributed by atoms with van der Waals surface area (Å²) in [7, 11) is 1.73. The van der Waals surface area contributed by atoms with Crippen LogP contribution in [-0.4, -0.2) is 28.6 Å². The van der Waals surface area contributed by atoms with E-state index < -0.39 is 0 Å². The van der Waals surface area contributed by atoms with Gasteiger partial charge in [-0.25, -0.2) is 0 Å². The van der Waals surface area contributed by atoms with Crippen LogP contribution in [-0.2, 0) is 6.61 Å². The molecule has 1 aromatic heterocycles. The molecular formula is C13H15BrN4O2. The smallest absolute Gasteiger partial charge is 0.324 e. The normalized spacial score (nSPS) is 10.2. The van der Waals surface area contributed by atoms with Crippen LogP contribution in [0, 0.1) is 0 Å². The summed E-state index contributed by atoms with van der Waals surface area (Å²) in [6.45, 7) is 2.73. The van der Waals surface area contributed by atoms with Crippen molar-refractivity contribution in [2.24, 2.45) is 0 Å². The van der Waals surface area contributed by atoms with Crippen molar-refractivity contribution in [3.8, 4) is 12.0 Å². The van der Waals surface area contributed by atoms with Crippen LogP contribution in [0.2, 0.25) is 0 Å². The molecule has 0 unspecified atom stereocenters. The average molecular weight is 339 g/mol. The maximum Gasteiger partial charge on any atom is 0.324 e. The van der Waals surface area contributed by atoms with E-state index in [9.17, 15) is 0 Å².